The van der Waals surface area contributed by atoms with Gasteiger partial charge in [0.25, 0.3) is 0 Å². The predicted octanol–water partition coefficient (Wildman–Crippen LogP) is 4.74. The van der Waals surface area contributed by atoms with Gasteiger partial charge in [0, 0.05) is 11.6 Å². The molecule has 1 aromatic carbocycles. The summed E-state index contributed by atoms with van der Waals surface area (Å²) >= 11 is 0. The summed E-state index contributed by atoms with van der Waals surface area (Å²) in [5.74, 6) is 1.37. The number of hydrogen-bond donors (Lipinski definition) is 0. The molecule has 1 rings (SSSR count). The number of carbonyl (C=O) groups is 1. The maximum atomic E-state index is 11.6. The van der Waals surface area contributed by atoms with Crippen LogP contribution >= 0.6 is 0 Å². The third-order valence-corrected chi connectivity index (χ3v) is 2.63. The molecule has 0 spiro atoms. The molecule has 0 atom stereocenters. The summed E-state index contributed by atoms with van der Waals surface area (Å²) in [6, 6.07) is 5.40. The van der Waals surface area contributed by atoms with E-state index in [0.29, 0.717) is 30.3 Å². The highest BCUT2D eigenvalue weighted by atomic mass is 16.5. The molecule has 0 aliphatic heterocycles. The normalized spacial score (nSPS) is 12.1. The number of benzene rings is 1. The van der Waals surface area contributed by atoms with Crippen LogP contribution in [-0.4, -0.2) is 19.0 Å². The first-order valence-corrected chi connectivity index (χ1v) is 7.38. The van der Waals surface area contributed by atoms with Gasteiger partial charge in [-0.15, -0.1) is 0 Å². The molecule has 0 heterocycles. The zero-order valence-corrected chi connectivity index (χ0v) is 14.4. The Kier molecular flexibility index (Phi) is 5.43. The van der Waals surface area contributed by atoms with Crippen molar-refractivity contribution in [3.05, 3.63) is 23.8 Å². The van der Waals surface area contributed by atoms with Crippen molar-refractivity contribution in [1.29, 1.82) is 0 Å². The topological polar surface area (TPSA) is 35.5 Å². The third-order valence-electron chi connectivity index (χ3n) is 2.63. The van der Waals surface area contributed by atoms with E-state index in [-0.39, 0.29) is 16.6 Å². The second-order valence-electron chi connectivity index (χ2n) is 7.95. The minimum Gasteiger partial charge on any atom is -0.493 e. The molecule has 0 saturated heterocycles. The second-order valence-corrected chi connectivity index (χ2v) is 7.95. The van der Waals surface area contributed by atoms with Gasteiger partial charge in [-0.25, -0.2) is 0 Å². The van der Waals surface area contributed by atoms with Gasteiger partial charge in [-0.05, 0) is 29.9 Å². The van der Waals surface area contributed by atoms with Crippen LogP contribution in [0.4, 0.5) is 0 Å². The van der Waals surface area contributed by atoms with Crippen LogP contribution in [0, 0.1) is 10.8 Å². The van der Waals surface area contributed by atoms with Crippen molar-refractivity contribution < 1.29 is 14.3 Å². The number of ketones is 1. The molecule has 0 aromatic heterocycles. The average molecular weight is 292 g/mol. The SMILES string of the molecule is CC(=O)c1cc(OCC(C)(C)C)cc(OCC(C)(C)C)c1. The minimum absolute atomic E-state index is 0.0109. The largest absolute Gasteiger partial charge is 0.493 e. The van der Waals surface area contributed by atoms with Gasteiger partial charge in [-0.3, -0.25) is 4.79 Å². The van der Waals surface area contributed by atoms with Crippen molar-refractivity contribution in [1.82, 2.24) is 0 Å². The zero-order chi connectivity index (χ0) is 16.3. The molecule has 0 fully saturated rings. The fourth-order valence-corrected chi connectivity index (χ4v) is 1.54. The first-order valence-electron chi connectivity index (χ1n) is 7.38. The Balaban J connectivity index is 2.92. The second kappa shape index (κ2) is 6.50. The molecule has 118 valence electrons. The van der Waals surface area contributed by atoms with E-state index in [9.17, 15) is 4.79 Å². The molecule has 0 radical (unpaired) electrons. The standard InChI is InChI=1S/C18H28O3/c1-13(19)14-8-15(20-11-17(2,3)4)10-16(9-14)21-12-18(5,6)7/h8-10H,11-12H2,1-7H3. The first-order chi connectivity index (χ1) is 9.46. The van der Waals surface area contributed by atoms with Crippen molar-refractivity contribution in [2.75, 3.05) is 13.2 Å². The number of carbonyl (C=O) groups excluding carboxylic acids is 1. The highest BCUT2D eigenvalue weighted by Gasteiger charge is 2.15. The van der Waals surface area contributed by atoms with Gasteiger partial charge >= 0.3 is 0 Å². The first kappa shape index (κ1) is 17.5. The van der Waals surface area contributed by atoms with Crippen molar-refractivity contribution in [3.63, 3.8) is 0 Å². The summed E-state index contributed by atoms with van der Waals surface area (Å²) in [7, 11) is 0. The molecule has 0 N–H and O–H groups in total. The van der Waals surface area contributed by atoms with Crippen LogP contribution in [0.1, 0.15) is 58.8 Å². The van der Waals surface area contributed by atoms with E-state index in [4.69, 9.17) is 9.47 Å². The maximum Gasteiger partial charge on any atom is 0.160 e. The molecule has 3 nitrogen and oxygen atoms in total. The summed E-state index contributed by atoms with van der Waals surface area (Å²) < 4.78 is 11.6. The van der Waals surface area contributed by atoms with Gasteiger partial charge < -0.3 is 9.47 Å². The molecule has 0 amide bonds. The monoisotopic (exact) mass is 292 g/mol. The Morgan fingerprint density at radius 1 is 0.857 bits per heavy atom. The maximum absolute atomic E-state index is 11.6. The van der Waals surface area contributed by atoms with Crippen LogP contribution in [0.25, 0.3) is 0 Å². The van der Waals surface area contributed by atoms with Crippen molar-refractivity contribution in [3.8, 4) is 11.5 Å². The lowest BCUT2D eigenvalue weighted by Gasteiger charge is -2.21. The average Bonchev–Trinajstić information content (AvgIpc) is 2.32. The summed E-state index contributed by atoms with van der Waals surface area (Å²) in [4.78, 5) is 11.6. The molecule has 0 bridgehead atoms. The van der Waals surface area contributed by atoms with E-state index < -0.39 is 0 Å². The van der Waals surface area contributed by atoms with Gasteiger partial charge in [-0.1, -0.05) is 41.5 Å². The van der Waals surface area contributed by atoms with E-state index in [2.05, 4.69) is 41.5 Å². The Morgan fingerprint density at radius 3 is 1.52 bits per heavy atom. The lowest BCUT2D eigenvalue weighted by atomic mass is 9.98. The molecule has 0 aliphatic carbocycles. The summed E-state index contributed by atoms with van der Waals surface area (Å²) in [5, 5.41) is 0. The molecule has 1 aromatic rings. The van der Waals surface area contributed by atoms with Crippen LogP contribution in [0.3, 0.4) is 0 Å². The van der Waals surface area contributed by atoms with Crippen molar-refractivity contribution in [2.24, 2.45) is 10.8 Å². The van der Waals surface area contributed by atoms with Crippen LogP contribution < -0.4 is 9.47 Å². The van der Waals surface area contributed by atoms with E-state index in [1.54, 1.807) is 19.1 Å². The fourth-order valence-electron chi connectivity index (χ4n) is 1.54. The highest BCUT2D eigenvalue weighted by Crippen LogP contribution is 2.27. The van der Waals surface area contributed by atoms with Gasteiger partial charge in [0.2, 0.25) is 0 Å². The quantitative estimate of drug-likeness (QED) is 0.735. The van der Waals surface area contributed by atoms with E-state index >= 15 is 0 Å². The smallest absolute Gasteiger partial charge is 0.160 e. The molecular weight excluding hydrogens is 264 g/mol. The molecular formula is C18H28O3. The zero-order valence-electron chi connectivity index (χ0n) is 14.4. The van der Waals surface area contributed by atoms with Gasteiger partial charge in [0.15, 0.2) is 5.78 Å². The third kappa shape index (κ3) is 7.16. The Morgan fingerprint density at radius 2 is 1.24 bits per heavy atom. The number of ether oxygens (including phenoxy) is 2. The number of hydrogen-bond acceptors (Lipinski definition) is 3. The van der Waals surface area contributed by atoms with Gasteiger partial charge in [0.1, 0.15) is 11.5 Å². The van der Waals surface area contributed by atoms with Crippen LogP contribution in [0.2, 0.25) is 0 Å². The highest BCUT2D eigenvalue weighted by molar-refractivity contribution is 5.94. The summed E-state index contributed by atoms with van der Waals surface area (Å²) in [6.45, 7) is 15.4. The van der Waals surface area contributed by atoms with Crippen molar-refractivity contribution in [2.45, 2.75) is 48.5 Å². The minimum atomic E-state index is 0.0109. The van der Waals surface area contributed by atoms with Crippen LogP contribution in [0.5, 0.6) is 11.5 Å². The van der Waals surface area contributed by atoms with E-state index in [1.165, 1.54) is 0 Å². The lowest BCUT2D eigenvalue weighted by Crippen LogP contribution is -2.18. The van der Waals surface area contributed by atoms with Crippen LogP contribution in [0.15, 0.2) is 18.2 Å². The van der Waals surface area contributed by atoms with Gasteiger partial charge in [0.05, 0.1) is 13.2 Å². The number of Topliss-reactive ketones (excluding diaryl/α,β-unsaturated/α-hetero) is 1. The Labute approximate surface area is 128 Å². The van der Waals surface area contributed by atoms with Gasteiger partial charge in [-0.2, -0.15) is 0 Å². The van der Waals surface area contributed by atoms with E-state index in [1.807, 2.05) is 6.07 Å². The summed E-state index contributed by atoms with van der Waals surface area (Å²) in [5.41, 5.74) is 0.752. The Bertz CT molecular complexity index is 454. The predicted molar refractivity (Wildman–Crippen MR) is 86.3 cm³/mol. The molecule has 3 heteroatoms. The van der Waals surface area contributed by atoms with Crippen molar-refractivity contribution >= 4 is 5.78 Å². The summed E-state index contributed by atoms with van der Waals surface area (Å²) in [6.07, 6.45) is 0. The van der Waals surface area contributed by atoms with E-state index in [0.717, 1.165) is 0 Å². The molecule has 0 unspecified atom stereocenters. The molecule has 0 saturated carbocycles. The molecule has 21 heavy (non-hydrogen) atoms. The number of rotatable bonds is 5. The lowest BCUT2D eigenvalue weighted by molar-refractivity contribution is 0.101. The Hall–Kier alpha value is -1.51. The fraction of sp³-hybridized carbons (Fsp3) is 0.611. The van der Waals surface area contributed by atoms with Crippen LogP contribution in [-0.2, 0) is 0 Å². The molecule has 0 aliphatic rings.